The summed E-state index contributed by atoms with van der Waals surface area (Å²) in [5, 5.41) is 0. The summed E-state index contributed by atoms with van der Waals surface area (Å²) in [6.45, 7) is 1.97. The molecule has 0 radical (unpaired) electrons. The van der Waals surface area contributed by atoms with Gasteiger partial charge in [-0.05, 0) is 19.8 Å². The first-order valence-electron chi connectivity index (χ1n) is 6.25. The van der Waals surface area contributed by atoms with E-state index in [9.17, 15) is 9.59 Å². The minimum absolute atomic E-state index is 0.0943. The molecule has 3 atom stereocenters. The molecule has 1 fully saturated rings. The topological polar surface area (TPSA) is 78.6 Å². The maximum Gasteiger partial charge on any atom is 0.318 e. The lowest BCUT2D eigenvalue weighted by Crippen LogP contribution is -2.39. The molecule has 0 heterocycles. The van der Waals surface area contributed by atoms with Crippen LogP contribution in [0.3, 0.4) is 0 Å². The zero-order chi connectivity index (χ0) is 13.5. The molecule has 0 bridgehead atoms. The summed E-state index contributed by atoms with van der Waals surface area (Å²) in [5.74, 6) is -0.750. The zero-order valence-corrected chi connectivity index (χ0v) is 12.7. The van der Waals surface area contributed by atoms with E-state index in [0.29, 0.717) is 0 Å². The van der Waals surface area contributed by atoms with E-state index in [1.165, 1.54) is 0 Å². The number of esters is 2. The molecule has 0 saturated heterocycles. The Kier molecular flexibility index (Phi) is 6.91. The monoisotopic (exact) mass is 369 g/mol. The smallest absolute Gasteiger partial charge is 0.318 e. The van der Waals surface area contributed by atoms with E-state index < -0.39 is 0 Å². The van der Waals surface area contributed by atoms with Crippen LogP contribution in [0.4, 0.5) is 0 Å². The number of rotatable bonds is 5. The molecular weight excluding hydrogens is 349 g/mol. The number of halogens is 1. The Morgan fingerprint density at radius 2 is 1.89 bits per heavy atom. The minimum Gasteiger partial charge on any atom is -0.462 e. The number of carbonyl (C=O) groups is 2. The standard InChI is InChI=1S/C12H20INO4/c1-8(13)11(15)17-6-7-18-12(16)9-4-2-3-5-10(9)14/h8-10H,2-7,14H2,1H3. The Labute approximate surface area is 121 Å². The second kappa shape index (κ2) is 7.93. The van der Waals surface area contributed by atoms with Crippen LogP contribution in [0.25, 0.3) is 0 Å². The van der Waals surface area contributed by atoms with Crippen LogP contribution in [0, 0.1) is 5.92 Å². The quantitative estimate of drug-likeness (QED) is 0.343. The molecule has 1 aliphatic rings. The number of nitrogens with two attached hydrogens (primary N) is 1. The predicted octanol–water partition coefficient (Wildman–Crippen LogP) is 1.41. The summed E-state index contributed by atoms with van der Waals surface area (Å²) >= 11 is 1.97. The summed E-state index contributed by atoms with van der Waals surface area (Å²) in [5.41, 5.74) is 5.88. The van der Waals surface area contributed by atoms with Gasteiger partial charge in [0.05, 0.1) is 5.92 Å². The van der Waals surface area contributed by atoms with Crippen molar-refractivity contribution < 1.29 is 19.1 Å². The van der Waals surface area contributed by atoms with E-state index in [0.717, 1.165) is 25.7 Å². The molecule has 0 amide bonds. The number of hydrogen-bond donors (Lipinski definition) is 1. The third-order valence-corrected chi connectivity index (χ3v) is 3.53. The van der Waals surface area contributed by atoms with Crippen LogP contribution in [0.2, 0.25) is 0 Å². The SMILES string of the molecule is CC(I)C(=O)OCCOC(=O)C1CCCCC1N. The molecule has 0 aromatic rings. The highest BCUT2D eigenvalue weighted by atomic mass is 127. The highest BCUT2D eigenvalue weighted by Gasteiger charge is 2.29. The number of carbonyl (C=O) groups excluding carboxylic acids is 2. The van der Waals surface area contributed by atoms with Crippen LogP contribution in [-0.4, -0.2) is 35.1 Å². The van der Waals surface area contributed by atoms with Gasteiger partial charge in [-0.2, -0.15) is 0 Å². The molecule has 0 aromatic carbocycles. The van der Waals surface area contributed by atoms with E-state index >= 15 is 0 Å². The second-order valence-corrected chi connectivity index (χ2v) is 6.37. The lowest BCUT2D eigenvalue weighted by atomic mass is 9.85. The summed E-state index contributed by atoms with van der Waals surface area (Å²) in [7, 11) is 0. The van der Waals surface area contributed by atoms with Crippen molar-refractivity contribution in [3.8, 4) is 0 Å². The Morgan fingerprint density at radius 3 is 2.50 bits per heavy atom. The van der Waals surface area contributed by atoms with Crippen molar-refractivity contribution in [2.45, 2.75) is 42.6 Å². The van der Waals surface area contributed by atoms with Gasteiger partial charge in [0.1, 0.15) is 17.1 Å². The Hall–Kier alpha value is -0.370. The molecule has 1 aliphatic carbocycles. The molecule has 18 heavy (non-hydrogen) atoms. The van der Waals surface area contributed by atoms with Gasteiger partial charge >= 0.3 is 11.9 Å². The lowest BCUT2D eigenvalue weighted by Gasteiger charge is -2.26. The largest absolute Gasteiger partial charge is 0.462 e. The number of hydrogen-bond acceptors (Lipinski definition) is 5. The summed E-state index contributed by atoms with van der Waals surface area (Å²) < 4.78 is 9.81. The van der Waals surface area contributed by atoms with Gasteiger partial charge in [0.15, 0.2) is 0 Å². The zero-order valence-electron chi connectivity index (χ0n) is 10.6. The fraction of sp³-hybridized carbons (Fsp3) is 0.833. The molecular formula is C12H20INO4. The van der Waals surface area contributed by atoms with E-state index in [-0.39, 0.29) is 41.0 Å². The maximum atomic E-state index is 11.7. The Balaban J connectivity index is 2.18. The van der Waals surface area contributed by atoms with Crippen LogP contribution < -0.4 is 5.73 Å². The van der Waals surface area contributed by atoms with Crippen LogP contribution >= 0.6 is 22.6 Å². The lowest BCUT2D eigenvalue weighted by molar-refractivity contribution is -0.155. The van der Waals surface area contributed by atoms with E-state index in [4.69, 9.17) is 15.2 Å². The van der Waals surface area contributed by atoms with Gasteiger partial charge in [0.2, 0.25) is 0 Å². The van der Waals surface area contributed by atoms with Crippen molar-refractivity contribution in [2.24, 2.45) is 11.7 Å². The molecule has 5 nitrogen and oxygen atoms in total. The Morgan fingerprint density at radius 1 is 1.28 bits per heavy atom. The average molecular weight is 369 g/mol. The molecule has 104 valence electrons. The fourth-order valence-corrected chi connectivity index (χ4v) is 2.14. The van der Waals surface area contributed by atoms with Crippen molar-refractivity contribution in [1.82, 2.24) is 0 Å². The second-order valence-electron chi connectivity index (χ2n) is 4.51. The average Bonchev–Trinajstić information content (AvgIpc) is 2.34. The highest BCUT2D eigenvalue weighted by Crippen LogP contribution is 2.23. The van der Waals surface area contributed by atoms with Gasteiger partial charge < -0.3 is 15.2 Å². The van der Waals surface area contributed by atoms with E-state index in [1.54, 1.807) is 6.92 Å². The predicted molar refractivity (Wildman–Crippen MR) is 75.3 cm³/mol. The van der Waals surface area contributed by atoms with Gasteiger partial charge in [-0.15, -0.1) is 0 Å². The molecule has 3 unspecified atom stereocenters. The van der Waals surface area contributed by atoms with Crippen molar-refractivity contribution in [3.05, 3.63) is 0 Å². The molecule has 2 N–H and O–H groups in total. The van der Waals surface area contributed by atoms with Crippen molar-refractivity contribution in [2.75, 3.05) is 13.2 Å². The van der Waals surface area contributed by atoms with Crippen molar-refractivity contribution in [1.29, 1.82) is 0 Å². The van der Waals surface area contributed by atoms with Crippen LogP contribution in [0.5, 0.6) is 0 Å². The fourth-order valence-electron chi connectivity index (χ4n) is 1.96. The Bertz CT molecular complexity index is 296. The minimum atomic E-state index is -0.291. The first-order chi connectivity index (χ1) is 8.52. The van der Waals surface area contributed by atoms with Gasteiger partial charge in [0, 0.05) is 6.04 Å². The van der Waals surface area contributed by atoms with Crippen molar-refractivity contribution in [3.63, 3.8) is 0 Å². The summed E-state index contributed by atoms with van der Waals surface area (Å²) in [6.07, 6.45) is 3.77. The van der Waals surface area contributed by atoms with Gasteiger partial charge in [-0.3, -0.25) is 9.59 Å². The number of alkyl halides is 1. The third-order valence-electron chi connectivity index (χ3n) is 3.02. The maximum absolute atomic E-state index is 11.7. The number of ether oxygens (including phenoxy) is 2. The van der Waals surface area contributed by atoms with E-state index in [1.807, 2.05) is 22.6 Å². The summed E-state index contributed by atoms with van der Waals surface area (Å²) in [6, 6.07) is -0.0943. The van der Waals surface area contributed by atoms with Gasteiger partial charge in [-0.1, -0.05) is 35.4 Å². The molecule has 1 saturated carbocycles. The first kappa shape index (κ1) is 15.7. The van der Waals surface area contributed by atoms with Crippen LogP contribution in [0.15, 0.2) is 0 Å². The molecule has 1 rings (SSSR count). The van der Waals surface area contributed by atoms with Gasteiger partial charge in [-0.25, -0.2) is 0 Å². The molecule has 0 aliphatic heterocycles. The molecule has 0 aromatic heterocycles. The van der Waals surface area contributed by atoms with Crippen LogP contribution in [0.1, 0.15) is 32.6 Å². The van der Waals surface area contributed by atoms with Gasteiger partial charge in [0.25, 0.3) is 0 Å². The highest BCUT2D eigenvalue weighted by molar-refractivity contribution is 14.1. The summed E-state index contributed by atoms with van der Waals surface area (Å²) in [4.78, 5) is 22.9. The molecule has 0 spiro atoms. The van der Waals surface area contributed by atoms with E-state index in [2.05, 4.69) is 0 Å². The molecule has 6 heteroatoms. The van der Waals surface area contributed by atoms with Crippen LogP contribution in [-0.2, 0) is 19.1 Å². The third kappa shape index (κ3) is 5.09. The van der Waals surface area contributed by atoms with Crippen molar-refractivity contribution >= 4 is 34.5 Å². The normalized spacial score (nSPS) is 25.3. The first-order valence-corrected chi connectivity index (χ1v) is 7.50.